The van der Waals surface area contributed by atoms with Crippen LogP contribution in [0.3, 0.4) is 0 Å². The van der Waals surface area contributed by atoms with Crippen molar-refractivity contribution in [3.63, 3.8) is 0 Å². The van der Waals surface area contributed by atoms with Gasteiger partial charge in [0.1, 0.15) is 5.82 Å². The second kappa shape index (κ2) is 15.2. The van der Waals surface area contributed by atoms with Crippen molar-refractivity contribution in [1.82, 2.24) is 10.6 Å². The summed E-state index contributed by atoms with van der Waals surface area (Å²) in [6.45, 7) is 13.4. The molecule has 152 valence electrons. The van der Waals surface area contributed by atoms with Gasteiger partial charge in [0.05, 0.1) is 6.04 Å². The van der Waals surface area contributed by atoms with Crippen molar-refractivity contribution >= 4 is 5.91 Å². The number of carbonyl (C=O) groups excluding carboxylic acids is 1. The van der Waals surface area contributed by atoms with Gasteiger partial charge in [-0.05, 0) is 50.0 Å². The largest absolute Gasteiger partial charge is 0.351 e. The molecule has 0 aliphatic heterocycles. The molecular weight excluding hydrogens is 339 g/mol. The zero-order chi connectivity index (χ0) is 20.7. The molecular formula is C23H37FN2O. The first-order valence-corrected chi connectivity index (χ1v) is 10.1. The number of amides is 1. The molecule has 1 aromatic carbocycles. The second-order valence-corrected chi connectivity index (χ2v) is 6.40. The van der Waals surface area contributed by atoms with Crippen LogP contribution in [0.5, 0.6) is 0 Å². The van der Waals surface area contributed by atoms with Gasteiger partial charge in [-0.2, -0.15) is 0 Å². The predicted octanol–water partition coefficient (Wildman–Crippen LogP) is 5.53. The first-order chi connectivity index (χ1) is 13.0. The fourth-order valence-electron chi connectivity index (χ4n) is 2.42. The molecule has 1 rings (SSSR count). The molecule has 0 bridgehead atoms. The Morgan fingerprint density at radius 1 is 1.15 bits per heavy atom. The average molecular weight is 377 g/mol. The van der Waals surface area contributed by atoms with Crippen molar-refractivity contribution in [2.75, 3.05) is 6.54 Å². The lowest BCUT2D eigenvalue weighted by Gasteiger charge is -2.19. The molecule has 2 N–H and O–H groups in total. The van der Waals surface area contributed by atoms with Gasteiger partial charge in [-0.1, -0.05) is 64.0 Å². The van der Waals surface area contributed by atoms with E-state index in [0.29, 0.717) is 13.1 Å². The summed E-state index contributed by atoms with van der Waals surface area (Å²) in [6, 6.07) is 5.97. The van der Waals surface area contributed by atoms with Crippen molar-refractivity contribution < 1.29 is 9.18 Å². The van der Waals surface area contributed by atoms with Crippen LogP contribution in [0.1, 0.15) is 66.4 Å². The van der Waals surface area contributed by atoms with E-state index in [2.05, 4.69) is 50.5 Å². The van der Waals surface area contributed by atoms with Crippen LogP contribution in [-0.4, -0.2) is 18.5 Å². The van der Waals surface area contributed by atoms with Crippen LogP contribution in [0.2, 0.25) is 0 Å². The van der Waals surface area contributed by atoms with E-state index >= 15 is 0 Å². The highest BCUT2D eigenvalue weighted by molar-refractivity contribution is 5.81. The lowest BCUT2D eigenvalue weighted by molar-refractivity contribution is -0.123. The molecule has 27 heavy (non-hydrogen) atoms. The summed E-state index contributed by atoms with van der Waals surface area (Å²) in [6.07, 6.45) is 6.96. The van der Waals surface area contributed by atoms with Crippen LogP contribution in [0.25, 0.3) is 0 Å². The van der Waals surface area contributed by atoms with E-state index in [1.807, 2.05) is 13.8 Å². The third kappa shape index (κ3) is 10.7. The molecule has 1 unspecified atom stereocenters. The van der Waals surface area contributed by atoms with Crippen molar-refractivity contribution in [1.29, 1.82) is 0 Å². The molecule has 1 atom stereocenters. The predicted molar refractivity (Wildman–Crippen MR) is 114 cm³/mol. The first kappa shape index (κ1) is 25.1. The van der Waals surface area contributed by atoms with E-state index in [9.17, 15) is 9.18 Å². The maximum atomic E-state index is 12.9. The van der Waals surface area contributed by atoms with Gasteiger partial charge in [0.2, 0.25) is 5.91 Å². The van der Waals surface area contributed by atoms with Crippen molar-refractivity contribution in [3.05, 3.63) is 58.9 Å². The Labute approximate surface area is 165 Å². The monoisotopic (exact) mass is 376 g/mol. The minimum atomic E-state index is -0.269. The van der Waals surface area contributed by atoms with Gasteiger partial charge in [0.15, 0.2) is 0 Å². The first-order valence-electron chi connectivity index (χ1n) is 10.1. The highest BCUT2D eigenvalue weighted by Gasteiger charge is 2.16. The molecule has 3 nitrogen and oxygen atoms in total. The number of nitrogens with one attached hydrogen (secondary N) is 2. The summed E-state index contributed by atoms with van der Waals surface area (Å²) >= 11 is 0. The molecule has 1 aromatic rings. The van der Waals surface area contributed by atoms with Gasteiger partial charge in [-0.25, -0.2) is 4.39 Å². The number of hydrogen-bond donors (Lipinski definition) is 2. The fraction of sp³-hybridized carbons (Fsp3) is 0.522. The maximum Gasteiger partial charge on any atom is 0.237 e. The molecule has 0 saturated carbocycles. The van der Waals surface area contributed by atoms with Crippen LogP contribution < -0.4 is 10.6 Å². The van der Waals surface area contributed by atoms with Crippen molar-refractivity contribution in [3.8, 4) is 0 Å². The number of hydrogen-bond acceptors (Lipinski definition) is 2. The molecule has 0 saturated heterocycles. The molecule has 0 aliphatic carbocycles. The molecule has 0 spiro atoms. The van der Waals surface area contributed by atoms with E-state index in [1.54, 1.807) is 12.1 Å². The summed E-state index contributed by atoms with van der Waals surface area (Å²) in [5.74, 6) is -0.284. The zero-order valence-corrected chi connectivity index (χ0v) is 17.9. The molecule has 0 radical (unpaired) electrons. The standard InChI is InChI=1S/C21H31FN2O.C2H6/c1-5-7-9-18(16(3)4)15-23-20(8-6-2)21(25)24-14-17-10-12-19(22)13-11-17;1-2/h7,9-13,20,23H,5-6,8,14-15H2,1-4H3,(H,24,25);1-2H3/b9-7-;. The van der Waals surface area contributed by atoms with Crippen molar-refractivity contribution in [2.45, 2.75) is 73.4 Å². The average Bonchev–Trinajstić information content (AvgIpc) is 2.67. The van der Waals surface area contributed by atoms with E-state index in [4.69, 9.17) is 0 Å². The highest BCUT2D eigenvalue weighted by Crippen LogP contribution is 2.07. The minimum Gasteiger partial charge on any atom is -0.351 e. The van der Waals surface area contributed by atoms with Crippen LogP contribution in [0.15, 0.2) is 47.6 Å². The Kier molecular flexibility index (Phi) is 14.1. The molecule has 0 aliphatic rings. The van der Waals surface area contributed by atoms with Crippen LogP contribution in [0.4, 0.5) is 4.39 Å². The molecule has 0 heterocycles. The number of rotatable bonds is 10. The normalized spacial score (nSPS) is 11.5. The Morgan fingerprint density at radius 2 is 1.78 bits per heavy atom. The number of allylic oxidation sites excluding steroid dienone is 2. The SMILES string of the molecule is CC.CC/C=C\C(CNC(CCC)C(=O)NCc1ccc(F)cc1)=C(C)C. The van der Waals surface area contributed by atoms with Gasteiger partial charge in [0.25, 0.3) is 0 Å². The second-order valence-electron chi connectivity index (χ2n) is 6.40. The molecule has 0 fully saturated rings. The van der Waals surface area contributed by atoms with Crippen LogP contribution in [-0.2, 0) is 11.3 Å². The fourth-order valence-corrected chi connectivity index (χ4v) is 2.42. The smallest absolute Gasteiger partial charge is 0.237 e. The zero-order valence-electron chi connectivity index (χ0n) is 17.9. The summed E-state index contributed by atoms with van der Waals surface area (Å²) in [5.41, 5.74) is 3.36. The Balaban J connectivity index is 0.00000326. The van der Waals surface area contributed by atoms with Crippen LogP contribution >= 0.6 is 0 Å². The number of benzene rings is 1. The van der Waals surface area contributed by atoms with E-state index in [-0.39, 0.29) is 17.8 Å². The maximum absolute atomic E-state index is 12.9. The number of carbonyl (C=O) groups is 1. The Hall–Kier alpha value is -1.94. The molecule has 1 amide bonds. The van der Waals surface area contributed by atoms with Crippen molar-refractivity contribution in [2.24, 2.45) is 0 Å². The highest BCUT2D eigenvalue weighted by atomic mass is 19.1. The lowest BCUT2D eigenvalue weighted by atomic mass is 10.1. The van der Waals surface area contributed by atoms with Gasteiger partial charge in [-0.3, -0.25) is 4.79 Å². The summed E-state index contributed by atoms with van der Waals surface area (Å²) in [5, 5.41) is 6.32. The van der Waals surface area contributed by atoms with Crippen LogP contribution in [0, 0.1) is 5.82 Å². The van der Waals surface area contributed by atoms with Gasteiger partial charge in [-0.15, -0.1) is 0 Å². The van der Waals surface area contributed by atoms with Gasteiger partial charge in [0, 0.05) is 13.1 Å². The Bertz CT molecular complexity index is 587. The topological polar surface area (TPSA) is 41.1 Å². The number of halogens is 1. The third-order valence-electron chi connectivity index (χ3n) is 4.01. The van der Waals surface area contributed by atoms with E-state index in [0.717, 1.165) is 24.8 Å². The van der Waals surface area contributed by atoms with E-state index in [1.165, 1.54) is 23.3 Å². The van der Waals surface area contributed by atoms with Gasteiger partial charge >= 0.3 is 0 Å². The molecule has 4 heteroatoms. The summed E-state index contributed by atoms with van der Waals surface area (Å²) in [4.78, 5) is 12.5. The quantitative estimate of drug-likeness (QED) is 0.527. The van der Waals surface area contributed by atoms with Gasteiger partial charge < -0.3 is 10.6 Å². The minimum absolute atomic E-state index is 0.0150. The Morgan fingerprint density at radius 3 is 2.30 bits per heavy atom. The molecule has 0 aromatic heterocycles. The third-order valence-corrected chi connectivity index (χ3v) is 4.01. The van der Waals surface area contributed by atoms with E-state index < -0.39 is 0 Å². The lowest BCUT2D eigenvalue weighted by Crippen LogP contribution is -2.44. The summed E-state index contributed by atoms with van der Waals surface area (Å²) in [7, 11) is 0. The summed E-state index contributed by atoms with van der Waals surface area (Å²) < 4.78 is 12.9.